The maximum absolute atomic E-state index is 9.03. The van der Waals surface area contributed by atoms with Gasteiger partial charge in [0.25, 0.3) is 6.26 Å². The van der Waals surface area contributed by atoms with Gasteiger partial charge >= 0.3 is 0 Å². The molecule has 2 nitrogen and oxygen atoms in total. The fourth-order valence-electron chi connectivity index (χ4n) is 1.62. The second kappa shape index (κ2) is 1.66. The van der Waals surface area contributed by atoms with Gasteiger partial charge in [0, 0.05) is 12.8 Å². The van der Waals surface area contributed by atoms with Crippen molar-refractivity contribution in [3.63, 3.8) is 0 Å². The lowest BCUT2D eigenvalue weighted by Gasteiger charge is -2.14. The van der Waals surface area contributed by atoms with Gasteiger partial charge in [-0.1, -0.05) is 0 Å². The summed E-state index contributed by atoms with van der Waals surface area (Å²) < 4.78 is 3.00. The highest BCUT2D eigenvalue weighted by molar-refractivity contribution is 4.99. The quantitative estimate of drug-likeness (QED) is 0.490. The number of aliphatic hydroxyl groups is 1. The van der Waals surface area contributed by atoms with Crippen molar-refractivity contribution in [3.05, 3.63) is 12.0 Å². The average Bonchev–Trinajstić information content (AvgIpc) is 2.22. The van der Waals surface area contributed by atoms with E-state index in [0.717, 1.165) is 13.0 Å². The largest absolute Gasteiger partial charge is 0.572 e. The molecule has 0 amide bonds. The molecule has 0 saturated carbocycles. The first-order valence-corrected chi connectivity index (χ1v) is 3.44. The Hall–Kier alpha value is -0.660. The van der Waals surface area contributed by atoms with Crippen molar-refractivity contribution < 1.29 is 9.47 Å². The van der Waals surface area contributed by atoms with E-state index < -0.39 is 0 Å². The summed E-state index contributed by atoms with van der Waals surface area (Å²) in [6.07, 6.45) is 5.71. The molecule has 1 unspecified atom stereocenters. The SMILES string of the molecule is OC1=C[O+]2CCCC2C1. The Bertz CT molecular complexity index is 151. The predicted octanol–water partition coefficient (Wildman–Crippen LogP) is 1.50. The Morgan fingerprint density at radius 3 is 3.33 bits per heavy atom. The van der Waals surface area contributed by atoms with E-state index in [1.165, 1.54) is 12.8 Å². The van der Waals surface area contributed by atoms with Crippen molar-refractivity contribution in [3.8, 4) is 0 Å². The maximum Gasteiger partial charge on any atom is 0.256 e. The fraction of sp³-hybridized carbons (Fsp3) is 0.714. The highest BCUT2D eigenvalue weighted by Crippen LogP contribution is 2.32. The Morgan fingerprint density at radius 2 is 2.56 bits per heavy atom. The first kappa shape index (κ1) is 5.15. The van der Waals surface area contributed by atoms with Crippen LogP contribution in [0.5, 0.6) is 0 Å². The van der Waals surface area contributed by atoms with Crippen molar-refractivity contribution in [2.45, 2.75) is 25.4 Å². The first-order valence-electron chi connectivity index (χ1n) is 3.44. The molecule has 9 heavy (non-hydrogen) atoms. The topological polar surface area (TPSA) is 22.9 Å². The Kier molecular flexibility index (Phi) is 0.949. The van der Waals surface area contributed by atoms with E-state index in [1.54, 1.807) is 6.26 Å². The van der Waals surface area contributed by atoms with Crippen LogP contribution in [0.2, 0.25) is 0 Å². The van der Waals surface area contributed by atoms with E-state index in [4.69, 9.17) is 5.11 Å². The molecule has 0 aromatic heterocycles. The normalized spacial score (nSPS) is 32.7. The summed E-state index contributed by atoms with van der Waals surface area (Å²) >= 11 is 0. The molecule has 0 radical (unpaired) electrons. The van der Waals surface area contributed by atoms with Crippen LogP contribution in [-0.4, -0.2) is 17.8 Å². The van der Waals surface area contributed by atoms with E-state index in [0.29, 0.717) is 11.9 Å². The van der Waals surface area contributed by atoms with Crippen molar-refractivity contribution in [1.82, 2.24) is 0 Å². The zero-order valence-electron chi connectivity index (χ0n) is 5.34. The smallest absolute Gasteiger partial charge is 0.256 e. The van der Waals surface area contributed by atoms with E-state index in [2.05, 4.69) is 4.37 Å². The van der Waals surface area contributed by atoms with Gasteiger partial charge in [-0.3, -0.25) is 0 Å². The van der Waals surface area contributed by atoms with Gasteiger partial charge in [0.15, 0.2) is 18.5 Å². The van der Waals surface area contributed by atoms with Gasteiger partial charge in [0.1, 0.15) is 0 Å². The molecule has 50 valence electrons. The maximum atomic E-state index is 9.03. The number of hydrogen-bond donors (Lipinski definition) is 1. The van der Waals surface area contributed by atoms with Gasteiger partial charge in [-0.2, -0.15) is 0 Å². The third kappa shape index (κ3) is 0.696. The molecular formula is C7H11O2+. The number of rotatable bonds is 0. The minimum atomic E-state index is 0.532. The molecule has 2 aliphatic heterocycles. The van der Waals surface area contributed by atoms with Crippen molar-refractivity contribution >= 4 is 0 Å². The molecule has 2 aliphatic rings. The van der Waals surface area contributed by atoms with Gasteiger partial charge in [0.05, 0.1) is 6.42 Å². The lowest BCUT2D eigenvalue weighted by molar-refractivity contribution is -0.0610. The van der Waals surface area contributed by atoms with Crippen LogP contribution < -0.4 is 0 Å². The van der Waals surface area contributed by atoms with Crippen LogP contribution in [-0.2, 0) is 4.37 Å². The van der Waals surface area contributed by atoms with Crippen LogP contribution in [0, 0.1) is 0 Å². The lowest BCUT2D eigenvalue weighted by Crippen LogP contribution is -2.09. The standard InChI is InChI=1S/C7H10O2/c8-6-4-7-2-1-3-9(7)5-6/h5,7H,1-4H2/p+1. The molecule has 2 heterocycles. The van der Waals surface area contributed by atoms with Crippen LogP contribution in [0.1, 0.15) is 19.3 Å². The van der Waals surface area contributed by atoms with E-state index in [9.17, 15) is 0 Å². The van der Waals surface area contributed by atoms with Crippen molar-refractivity contribution in [1.29, 1.82) is 0 Å². The summed E-state index contributed by atoms with van der Waals surface area (Å²) in [6, 6.07) is 0. The monoisotopic (exact) mass is 127 g/mol. The molecule has 1 saturated heterocycles. The molecule has 0 spiro atoms. The molecule has 0 aromatic carbocycles. The number of hydrogen-bond acceptors (Lipinski definition) is 1. The Balaban J connectivity index is 2.13. The Morgan fingerprint density at radius 1 is 1.67 bits per heavy atom. The van der Waals surface area contributed by atoms with Crippen molar-refractivity contribution in [2.75, 3.05) is 6.61 Å². The second-order valence-electron chi connectivity index (χ2n) is 2.75. The molecule has 1 atom stereocenters. The zero-order chi connectivity index (χ0) is 6.27. The average molecular weight is 127 g/mol. The summed E-state index contributed by atoms with van der Waals surface area (Å²) in [4.78, 5) is 0. The molecule has 0 bridgehead atoms. The van der Waals surface area contributed by atoms with Crippen molar-refractivity contribution in [2.24, 2.45) is 0 Å². The molecule has 0 aromatic rings. The second-order valence-corrected chi connectivity index (χ2v) is 2.75. The highest BCUT2D eigenvalue weighted by atomic mass is 16.7. The minimum absolute atomic E-state index is 0.532. The van der Waals surface area contributed by atoms with Crippen LogP contribution in [0.15, 0.2) is 12.0 Å². The minimum Gasteiger partial charge on any atom is -0.572 e. The zero-order valence-corrected chi connectivity index (χ0v) is 5.34. The highest BCUT2D eigenvalue weighted by Gasteiger charge is 2.34. The molecule has 2 heteroatoms. The van der Waals surface area contributed by atoms with E-state index >= 15 is 0 Å². The summed E-state index contributed by atoms with van der Waals surface area (Å²) in [5, 5.41) is 9.03. The van der Waals surface area contributed by atoms with Gasteiger partial charge in [-0.15, -0.1) is 0 Å². The van der Waals surface area contributed by atoms with Gasteiger partial charge in [0.2, 0.25) is 0 Å². The van der Waals surface area contributed by atoms with E-state index in [1.807, 2.05) is 0 Å². The molecular weight excluding hydrogens is 116 g/mol. The molecule has 1 fully saturated rings. The van der Waals surface area contributed by atoms with Gasteiger partial charge in [-0.25, -0.2) is 0 Å². The van der Waals surface area contributed by atoms with Gasteiger partial charge in [-0.05, 0) is 0 Å². The summed E-state index contributed by atoms with van der Waals surface area (Å²) in [6.45, 7) is 1.06. The fourth-order valence-corrected chi connectivity index (χ4v) is 1.62. The summed E-state index contributed by atoms with van der Waals surface area (Å²) in [5.41, 5.74) is 0. The first-order chi connectivity index (χ1) is 4.36. The third-order valence-corrected chi connectivity index (χ3v) is 2.06. The van der Waals surface area contributed by atoms with Crippen LogP contribution >= 0.6 is 0 Å². The molecule has 1 N–H and O–H groups in total. The summed E-state index contributed by atoms with van der Waals surface area (Å²) in [7, 11) is 0. The van der Waals surface area contributed by atoms with Crippen LogP contribution in [0.25, 0.3) is 0 Å². The van der Waals surface area contributed by atoms with Gasteiger partial charge < -0.3 is 9.47 Å². The molecule has 2 rings (SSSR count). The van der Waals surface area contributed by atoms with Crippen LogP contribution in [0.3, 0.4) is 0 Å². The predicted molar refractivity (Wildman–Crippen MR) is 34.3 cm³/mol. The van der Waals surface area contributed by atoms with E-state index in [-0.39, 0.29) is 0 Å². The molecule has 0 aliphatic carbocycles. The van der Waals surface area contributed by atoms with Crippen LogP contribution in [0.4, 0.5) is 0 Å². The number of fused-ring (bicyclic) bond motifs is 1. The Labute approximate surface area is 54.5 Å². The third-order valence-electron chi connectivity index (χ3n) is 2.06. The lowest BCUT2D eigenvalue weighted by atomic mass is 10.2. The number of aliphatic hydroxyl groups excluding tert-OH is 1. The summed E-state index contributed by atoms with van der Waals surface area (Å²) in [5.74, 6) is 0.532.